The van der Waals surface area contributed by atoms with E-state index >= 15 is 0 Å². The average Bonchev–Trinajstić information content (AvgIpc) is 3.14. The first-order valence-corrected chi connectivity index (χ1v) is 6.69. The molecule has 3 aromatic rings. The van der Waals surface area contributed by atoms with Crippen molar-refractivity contribution in [3.8, 4) is 11.5 Å². The van der Waals surface area contributed by atoms with Gasteiger partial charge in [0, 0.05) is 18.5 Å². The van der Waals surface area contributed by atoms with Crippen molar-refractivity contribution in [1.29, 1.82) is 0 Å². The van der Waals surface area contributed by atoms with Gasteiger partial charge >= 0.3 is 0 Å². The Morgan fingerprint density at radius 3 is 2.71 bits per heavy atom. The van der Waals surface area contributed by atoms with E-state index in [1.165, 1.54) is 0 Å². The van der Waals surface area contributed by atoms with E-state index in [1.807, 2.05) is 30.3 Å². The number of benzene rings is 1. The van der Waals surface area contributed by atoms with E-state index in [2.05, 4.69) is 25.7 Å². The van der Waals surface area contributed by atoms with Crippen LogP contribution in [0.4, 0.5) is 0 Å². The summed E-state index contributed by atoms with van der Waals surface area (Å²) in [6.45, 7) is 3.00. The molecule has 2 aromatic heterocycles. The molecule has 0 atom stereocenters. The molecule has 3 rings (SSSR count). The standard InChI is InChI=1S/C14H15N5O2/c1-10-16-12(21-19-10)7-8-15-9-13-17-18-14(20-13)11-5-3-2-4-6-11/h2-6,15H,7-9H2,1H3. The minimum absolute atomic E-state index is 0.507. The van der Waals surface area contributed by atoms with Crippen molar-refractivity contribution in [3.05, 3.63) is 47.9 Å². The summed E-state index contributed by atoms with van der Waals surface area (Å²) in [5.41, 5.74) is 0.914. The highest BCUT2D eigenvalue weighted by molar-refractivity contribution is 5.51. The second-order valence-corrected chi connectivity index (χ2v) is 4.53. The lowest BCUT2D eigenvalue weighted by Gasteiger charge is -1.98. The SMILES string of the molecule is Cc1noc(CCNCc2nnc(-c3ccccc3)o2)n1. The van der Waals surface area contributed by atoms with Crippen LogP contribution in [-0.4, -0.2) is 26.9 Å². The summed E-state index contributed by atoms with van der Waals surface area (Å²) in [7, 11) is 0. The highest BCUT2D eigenvalue weighted by Gasteiger charge is 2.08. The summed E-state index contributed by atoms with van der Waals surface area (Å²) in [6, 6.07) is 9.68. The van der Waals surface area contributed by atoms with E-state index < -0.39 is 0 Å². The molecule has 0 aliphatic carbocycles. The van der Waals surface area contributed by atoms with E-state index in [0.29, 0.717) is 43.0 Å². The van der Waals surface area contributed by atoms with Crippen LogP contribution in [0.2, 0.25) is 0 Å². The molecule has 1 aromatic carbocycles. The first kappa shape index (κ1) is 13.4. The summed E-state index contributed by atoms with van der Waals surface area (Å²) in [5, 5.41) is 15.0. The molecular weight excluding hydrogens is 270 g/mol. The van der Waals surface area contributed by atoms with Gasteiger partial charge < -0.3 is 14.3 Å². The van der Waals surface area contributed by atoms with Crippen molar-refractivity contribution >= 4 is 0 Å². The molecular formula is C14H15N5O2. The fraction of sp³-hybridized carbons (Fsp3) is 0.286. The van der Waals surface area contributed by atoms with E-state index in [4.69, 9.17) is 8.94 Å². The third-order valence-corrected chi connectivity index (χ3v) is 2.85. The average molecular weight is 285 g/mol. The zero-order valence-corrected chi connectivity index (χ0v) is 11.6. The molecule has 0 saturated heterocycles. The van der Waals surface area contributed by atoms with E-state index in [9.17, 15) is 0 Å². The molecule has 0 unspecified atom stereocenters. The minimum atomic E-state index is 0.507. The molecule has 0 radical (unpaired) electrons. The monoisotopic (exact) mass is 285 g/mol. The van der Waals surface area contributed by atoms with E-state index in [0.717, 1.165) is 5.56 Å². The number of hydrogen-bond acceptors (Lipinski definition) is 7. The van der Waals surface area contributed by atoms with Gasteiger partial charge in [0.15, 0.2) is 5.82 Å². The third-order valence-electron chi connectivity index (χ3n) is 2.85. The number of aromatic nitrogens is 4. The van der Waals surface area contributed by atoms with Gasteiger partial charge in [-0.3, -0.25) is 0 Å². The molecule has 0 saturated carbocycles. The lowest BCUT2D eigenvalue weighted by Crippen LogP contribution is -2.17. The van der Waals surface area contributed by atoms with Crippen LogP contribution in [0.3, 0.4) is 0 Å². The Kier molecular flexibility index (Phi) is 4.02. The molecule has 0 spiro atoms. The van der Waals surface area contributed by atoms with Gasteiger partial charge in [0.25, 0.3) is 0 Å². The van der Waals surface area contributed by atoms with Crippen molar-refractivity contribution in [2.75, 3.05) is 6.54 Å². The van der Waals surface area contributed by atoms with Crippen LogP contribution in [0.5, 0.6) is 0 Å². The summed E-state index contributed by atoms with van der Waals surface area (Å²) in [5.74, 6) is 2.35. The van der Waals surface area contributed by atoms with Gasteiger partial charge in [0.1, 0.15) is 0 Å². The summed E-state index contributed by atoms with van der Waals surface area (Å²) in [6.07, 6.45) is 0.667. The van der Waals surface area contributed by atoms with Crippen LogP contribution >= 0.6 is 0 Å². The second kappa shape index (κ2) is 6.27. The Labute approximate surface area is 121 Å². The Morgan fingerprint density at radius 1 is 1.10 bits per heavy atom. The Balaban J connectivity index is 1.49. The Hall–Kier alpha value is -2.54. The first-order chi connectivity index (χ1) is 10.3. The smallest absolute Gasteiger partial charge is 0.247 e. The number of rotatable bonds is 6. The van der Waals surface area contributed by atoms with E-state index in [1.54, 1.807) is 6.92 Å². The summed E-state index contributed by atoms with van der Waals surface area (Å²) >= 11 is 0. The topological polar surface area (TPSA) is 89.9 Å². The van der Waals surface area contributed by atoms with Crippen LogP contribution in [0.1, 0.15) is 17.6 Å². The Morgan fingerprint density at radius 2 is 1.95 bits per heavy atom. The van der Waals surface area contributed by atoms with Crippen molar-refractivity contribution in [2.45, 2.75) is 19.9 Å². The molecule has 1 N–H and O–H groups in total. The van der Waals surface area contributed by atoms with Crippen LogP contribution in [0.25, 0.3) is 11.5 Å². The molecule has 108 valence electrons. The third kappa shape index (κ3) is 3.51. The maximum absolute atomic E-state index is 5.59. The largest absolute Gasteiger partial charge is 0.419 e. The highest BCUT2D eigenvalue weighted by Crippen LogP contribution is 2.16. The van der Waals surface area contributed by atoms with Gasteiger partial charge in [0.2, 0.25) is 17.7 Å². The molecule has 21 heavy (non-hydrogen) atoms. The van der Waals surface area contributed by atoms with Crippen LogP contribution in [0.15, 0.2) is 39.3 Å². The molecule has 0 bridgehead atoms. The molecule has 0 aliphatic rings. The molecule has 0 aliphatic heterocycles. The van der Waals surface area contributed by atoms with Crippen LogP contribution in [-0.2, 0) is 13.0 Å². The molecule has 7 heteroatoms. The van der Waals surface area contributed by atoms with Gasteiger partial charge in [-0.1, -0.05) is 23.4 Å². The van der Waals surface area contributed by atoms with Gasteiger partial charge in [-0.25, -0.2) is 0 Å². The van der Waals surface area contributed by atoms with E-state index in [-0.39, 0.29) is 0 Å². The maximum Gasteiger partial charge on any atom is 0.247 e. The maximum atomic E-state index is 5.59. The summed E-state index contributed by atoms with van der Waals surface area (Å²) < 4.78 is 10.6. The predicted octanol–water partition coefficient (Wildman–Crippen LogP) is 1.76. The number of hydrogen-bond donors (Lipinski definition) is 1. The van der Waals surface area contributed by atoms with Gasteiger partial charge in [-0.15, -0.1) is 10.2 Å². The minimum Gasteiger partial charge on any atom is -0.419 e. The zero-order chi connectivity index (χ0) is 14.5. The molecule has 0 amide bonds. The van der Waals surface area contributed by atoms with Crippen molar-refractivity contribution in [2.24, 2.45) is 0 Å². The fourth-order valence-corrected chi connectivity index (χ4v) is 1.85. The van der Waals surface area contributed by atoms with Crippen molar-refractivity contribution in [1.82, 2.24) is 25.7 Å². The van der Waals surface area contributed by atoms with Crippen molar-refractivity contribution in [3.63, 3.8) is 0 Å². The van der Waals surface area contributed by atoms with Gasteiger partial charge in [-0.05, 0) is 19.1 Å². The first-order valence-electron chi connectivity index (χ1n) is 6.69. The molecule has 0 fully saturated rings. The fourth-order valence-electron chi connectivity index (χ4n) is 1.85. The zero-order valence-electron chi connectivity index (χ0n) is 11.6. The molecule has 2 heterocycles. The van der Waals surface area contributed by atoms with Crippen LogP contribution in [0, 0.1) is 6.92 Å². The van der Waals surface area contributed by atoms with Crippen LogP contribution < -0.4 is 5.32 Å². The molecule has 7 nitrogen and oxygen atoms in total. The van der Waals surface area contributed by atoms with Gasteiger partial charge in [0.05, 0.1) is 6.54 Å². The number of aryl methyl sites for hydroxylation is 1. The van der Waals surface area contributed by atoms with Crippen molar-refractivity contribution < 1.29 is 8.94 Å². The number of nitrogens with zero attached hydrogens (tertiary/aromatic N) is 4. The Bertz CT molecular complexity index is 692. The number of nitrogens with one attached hydrogen (secondary N) is 1. The lowest BCUT2D eigenvalue weighted by molar-refractivity contribution is 0.370. The normalized spacial score (nSPS) is 10.9. The second-order valence-electron chi connectivity index (χ2n) is 4.53. The predicted molar refractivity (Wildman–Crippen MR) is 74.2 cm³/mol. The summed E-state index contributed by atoms with van der Waals surface area (Å²) in [4.78, 5) is 4.13. The highest BCUT2D eigenvalue weighted by atomic mass is 16.5. The quantitative estimate of drug-likeness (QED) is 0.690. The van der Waals surface area contributed by atoms with Gasteiger partial charge in [-0.2, -0.15) is 4.98 Å². The lowest BCUT2D eigenvalue weighted by atomic mass is 10.2.